The van der Waals surface area contributed by atoms with E-state index in [1.54, 1.807) is 12.1 Å². The Hall–Kier alpha value is -1.43. The molecule has 0 fully saturated rings. The number of rotatable bonds is 4. The number of halogens is 3. The molecule has 106 valence electrons. The molecule has 1 amide bonds. The zero-order valence-corrected chi connectivity index (χ0v) is 12.7. The zero-order chi connectivity index (χ0) is 14.9. The van der Waals surface area contributed by atoms with Crippen LogP contribution < -0.4 is 10.6 Å². The molecule has 0 aliphatic heterocycles. The normalized spacial score (nSPS) is 10.6. The number of hydrogen-bond donors (Lipinski definition) is 2. The van der Waals surface area contributed by atoms with Crippen molar-refractivity contribution < 1.29 is 4.79 Å². The molecule has 0 aliphatic carbocycles. The van der Waals surface area contributed by atoms with Gasteiger partial charge in [0.1, 0.15) is 5.69 Å². The number of anilines is 2. The number of benzene rings is 1. The topological polar surface area (TPSA) is 75.0 Å². The number of carbonyl (C=O) groups is 1. The van der Waals surface area contributed by atoms with E-state index in [2.05, 4.69) is 10.2 Å². The van der Waals surface area contributed by atoms with Crippen LogP contribution in [-0.4, -0.2) is 23.2 Å². The Bertz CT molecular complexity index is 656. The predicted octanol–water partition coefficient (Wildman–Crippen LogP) is 3.60. The van der Waals surface area contributed by atoms with Gasteiger partial charge in [0, 0.05) is 12.1 Å². The lowest BCUT2D eigenvalue weighted by Crippen LogP contribution is -2.21. The molecule has 3 N–H and O–H groups in total. The van der Waals surface area contributed by atoms with Crippen LogP contribution in [0, 0.1) is 0 Å². The number of H-pyrrole nitrogens is 1. The fourth-order valence-corrected chi connectivity index (χ4v) is 2.46. The molecule has 0 saturated heterocycles. The van der Waals surface area contributed by atoms with Crippen molar-refractivity contribution in [2.75, 3.05) is 17.2 Å². The van der Waals surface area contributed by atoms with Crippen LogP contribution in [0.2, 0.25) is 15.1 Å². The Labute approximate surface area is 130 Å². The first-order chi connectivity index (χ1) is 9.51. The molecule has 0 unspecified atom stereocenters. The van der Waals surface area contributed by atoms with Gasteiger partial charge in [0.05, 0.1) is 20.8 Å². The van der Waals surface area contributed by atoms with Gasteiger partial charge >= 0.3 is 0 Å². The van der Waals surface area contributed by atoms with Crippen molar-refractivity contribution in [1.82, 2.24) is 10.2 Å². The molecule has 1 aromatic carbocycles. The van der Waals surface area contributed by atoms with Gasteiger partial charge in [-0.25, -0.2) is 0 Å². The summed E-state index contributed by atoms with van der Waals surface area (Å²) in [7, 11) is 0. The van der Waals surface area contributed by atoms with Crippen molar-refractivity contribution >= 4 is 52.7 Å². The minimum Gasteiger partial charge on any atom is -0.380 e. The molecule has 8 heteroatoms. The van der Waals surface area contributed by atoms with Crippen LogP contribution in [0.3, 0.4) is 0 Å². The standard InChI is InChI=1S/C12H11Cl3N4O/c1-2-19(5-20)11-10(17-18-12(11)16)6-3-4-7(13)9(15)8(6)14/h3-5H,2H2,1H3,(H3,16,17,18). The maximum absolute atomic E-state index is 11.1. The Kier molecular flexibility index (Phi) is 4.42. The van der Waals surface area contributed by atoms with Crippen molar-refractivity contribution in [3.05, 3.63) is 27.2 Å². The fraction of sp³-hybridized carbons (Fsp3) is 0.167. The number of amides is 1. The van der Waals surface area contributed by atoms with Gasteiger partial charge in [0.2, 0.25) is 6.41 Å². The highest BCUT2D eigenvalue weighted by atomic mass is 35.5. The summed E-state index contributed by atoms with van der Waals surface area (Å²) in [5, 5.41) is 7.54. The van der Waals surface area contributed by atoms with Crippen molar-refractivity contribution in [2.45, 2.75) is 6.92 Å². The average Bonchev–Trinajstić information content (AvgIpc) is 2.80. The molecule has 0 radical (unpaired) electrons. The van der Waals surface area contributed by atoms with Crippen molar-refractivity contribution in [3.63, 3.8) is 0 Å². The summed E-state index contributed by atoms with van der Waals surface area (Å²) in [5.41, 5.74) is 7.35. The number of nitrogens with zero attached hydrogens (tertiary/aromatic N) is 2. The van der Waals surface area contributed by atoms with Crippen LogP contribution in [0.5, 0.6) is 0 Å². The molecule has 20 heavy (non-hydrogen) atoms. The third-order valence-electron chi connectivity index (χ3n) is 2.83. The first-order valence-corrected chi connectivity index (χ1v) is 6.84. The van der Waals surface area contributed by atoms with E-state index in [0.717, 1.165) is 0 Å². The number of carbonyl (C=O) groups excluding carboxylic acids is 1. The molecule has 2 aromatic rings. The van der Waals surface area contributed by atoms with Gasteiger partial charge in [0.25, 0.3) is 0 Å². The van der Waals surface area contributed by atoms with Crippen LogP contribution in [0.15, 0.2) is 12.1 Å². The monoisotopic (exact) mass is 332 g/mol. The molecular formula is C12H11Cl3N4O. The van der Waals surface area contributed by atoms with Gasteiger partial charge in [0.15, 0.2) is 5.82 Å². The number of nitrogen functional groups attached to an aromatic ring is 1. The number of nitrogens with one attached hydrogen (secondary N) is 1. The maximum atomic E-state index is 11.1. The minimum atomic E-state index is 0.205. The van der Waals surface area contributed by atoms with E-state index < -0.39 is 0 Å². The van der Waals surface area contributed by atoms with Crippen LogP contribution >= 0.6 is 34.8 Å². The van der Waals surface area contributed by atoms with Crippen molar-refractivity contribution in [2.24, 2.45) is 0 Å². The summed E-state index contributed by atoms with van der Waals surface area (Å²) in [4.78, 5) is 12.5. The van der Waals surface area contributed by atoms with E-state index in [4.69, 9.17) is 40.5 Å². The molecule has 1 heterocycles. The largest absolute Gasteiger partial charge is 0.380 e. The minimum absolute atomic E-state index is 0.205. The lowest BCUT2D eigenvalue weighted by molar-refractivity contribution is -0.107. The number of hydrogen-bond acceptors (Lipinski definition) is 3. The van der Waals surface area contributed by atoms with E-state index in [1.807, 2.05) is 6.92 Å². The molecular weight excluding hydrogens is 323 g/mol. The highest BCUT2D eigenvalue weighted by Crippen LogP contribution is 2.41. The SMILES string of the molecule is CCN(C=O)c1c(N)n[nH]c1-c1ccc(Cl)c(Cl)c1Cl. The Morgan fingerprint density at radius 2 is 2.05 bits per heavy atom. The molecule has 0 bridgehead atoms. The van der Waals surface area contributed by atoms with Gasteiger partial charge in [-0.1, -0.05) is 34.8 Å². The molecule has 0 atom stereocenters. The van der Waals surface area contributed by atoms with Crippen molar-refractivity contribution in [1.29, 1.82) is 0 Å². The van der Waals surface area contributed by atoms with Gasteiger partial charge < -0.3 is 10.6 Å². The maximum Gasteiger partial charge on any atom is 0.214 e. The summed E-state index contributed by atoms with van der Waals surface area (Å²) in [6.07, 6.45) is 0.677. The third kappa shape index (κ3) is 2.44. The fourth-order valence-electron chi connectivity index (χ4n) is 1.83. The summed E-state index contributed by atoms with van der Waals surface area (Å²) >= 11 is 18.1. The highest BCUT2D eigenvalue weighted by Gasteiger charge is 2.21. The Morgan fingerprint density at radius 1 is 1.35 bits per heavy atom. The quantitative estimate of drug-likeness (QED) is 0.663. The van der Waals surface area contributed by atoms with Crippen LogP contribution in [-0.2, 0) is 4.79 Å². The zero-order valence-electron chi connectivity index (χ0n) is 10.5. The van der Waals surface area contributed by atoms with Crippen LogP contribution in [0.4, 0.5) is 11.5 Å². The lowest BCUT2D eigenvalue weighted by Gasteiger charge is -2.16. The Morgan fingerprint density at radius 3 is 2.65 bits per heavy atom. The van der Waals surface area contributed by atoms with E-state index >= 15 is 0 Å². The van der Waals surface area contributed by atoms with Crippen LogP contribution in [0.25, 0.3) is 11.3 Å². The molecule has 0 saturated carbocycles. The van der Waals surface area contributed by atoms with Crippen molar-refractivity contribution in [3.8, 4) is 11.3 Å². The highest BCUT2D eigenvalue weighted by molar-refractivity contribution is 6.49. The van der Waals surface area contributed by atoms with E-state index in [9.17, 15) is 4.79 Å². The smallest absolute Gasteiger partial charge is 0.214 e. The summed E-state index contributed by atoms with van der Waals surface area (Å²) in [5.74, 6) is 0.205. The molecule has 1 aromatic heterocycles. The second kappa shape index (κ2) is 5.91. The summed E-state index contributed by atoms with van der Waals surface area (Å²) < 4.78 is 0. The predicted molar refractivity (Wildman–Crippen MR) is 82.6 cm³/mol. The first kappa shape index (κ1) is 15.0. The third-order valence-corrected chi connectivity index (χ3v) is 4.12. The van der Waals surface area contributed by atoms with Gasteiger partial charge in [-0.3, -0.25) is 9.89 Å². The molecule has 5 nitrogen and oxygen atoms in total. The van der Waals surface area contributed by atoms with E-state index in [-0.39, 0.29) is 15.9 Å². The van der Waals surface area contributed by atoms with E-state index in [1.165, 1.54) is 4.90 Å². The first-order valence-electron chi connectivity index (χ1n) is 5.70. The molecule has 0 aliphatic rings. The van der Waals surface area contributed by atoms with Crippen LogP contribution in [0.1, 0.15) is 6.92 Å². The average molecular weight is 334 g/mol. The van der Waals surface area contributed by atoms with Gasteiger partial charge in [-0.2, -0.15) is 5.10 Å². The number of nitrogens with two attached hydrogens (primary N) is 1. The second-order valence-corrected chi connectivity index (χ2v) is 5.11. The number of aromatic amines is 1. The summed E-state index contributed by atoms with van der Waals surface area (Å²) in [6, 6.07) is 3.30. The second-order valence-electron chi connectivity index (χ2n) is 3.95. The molecule has 2 rings (SSSR count). The van der Waals surface area contributed by atoms with Gasteiger partial charge in [-0.05, 0) is 19.1 Å². The molecule has 0 spiro atoms. The summed E-state index contributed by atoms with van der Waals surface area (Å²) in [6.45, 7) is 2.26. The Balaban J connectivity index is 2.66. The lowest BCUT2D eigenvalue weighted by atomic mass is 10.1. The number of aromatic nitrogens is 2. The van der Waals surface area contributed by atoms with E-state index in [0.29, 0.717) is 34.9 Å². The van der Waals surface area contributed by atoms with Gasteiger partial charge in [-0.15, -0.1) is 0 Å².